The number of likely N-dealkylation sites (N-methyl/N-ethyl adjacent to an activating group) is 1. The molecule has 3 rings (SSSR count). The molecule has 0 spiro atoms. The third-order valence-corrected chi connectivity index (χ3v) is 4.29. The molecule has 6 nitrogen and oxygen atoms in total. The fourth-order valence-electron chi connectivity index (χ4n) is 2.90. The summed E-state index contributed by atoms with van der Waals surface area (Å²) in [6.07, 6.45) is 2.66. The SMILES string of the molecule is COc1ccccc1N1CC(N)=NC=C1c1ccc(N(C)CC=O)cc1. The Morgan fingerprint density at radius 3 is 2.65 bits per heavy atom. The van der Waals surface area contributed by atoms with Crippen molar-refractivity contribution in [2.24, 2.45) is 10.7 Å². The molecule has 26 heavy (non-hydrogen) atoms. The molecule has 2 aromatic rings. The highest BCUT2D eigenvalue weighted by molar-refractivity contribution is 5.96. The molecule has 0 unspecified atom stereocenters. The summed E-state index contributed by atoms with van der Waals surface area (Å²) in [7, 11) is 3.54. The van der Waals surface area contributed by atoms with Crippen molar-refractivity contribution in [3.8, 4) is 5.75 Å². The number of ether oxygens (including phenoxy) is 1. The summed E-state index contributed by atoms with van der Waals surface area (Å²) in [5, 5.41) is 0. The first kappa shape index (κ1) is 17.5. The van der Waals surface area contributed by atoms with Gasteiger partial charge >= 0.3 is 0 Å². The number of benzene rings is 2. The fourth-order valence-corrected chi connectivity index (χ4v) is 2.90. The Hall–Kier alpha value is -3.28. The van der Waals surface area contributed by atoms with Crippen LogP contribution in [0, 0.1) is 0 Å². The minimum Gasteiger partial charge on any atom is -0.495 e. The largest absolute Gasteiger partial charge is 0.495 e. The number of rotatable bonds is 6. The van der Waals surface area contributed by atoms with Gasteiger partial charge in [-0.05, 0) is 29.8 Å². The van der Waals surface area contributed by atoms with Crippen LogP contribution in [-0.2, 0) is 4.79 Å². The van der Waals surface area contributed by atoms with Crippen LogP contribution in [0.4, 0.5) is 11.4 Å². The van der Waals surface area contributed by atoms with Crippen LogP contribution in [0.25, 0.3) is 5.70 Å². The van der Waals surface area contributed by atoms with E-state index in [0.717, 1.165) is 34.7 Å². The van der Waals surface area contributed by atoms with Gasteiger partial charge in [0.15, 0.2) is 0 Å². The topological polar surface area (TPSA) is 71.2 Å². The normalized spacial score (nSPS) is 13.7. The van der Waals surface area contributed by atoms with E-state index in [0.29, 0.717) is 18.9 Å². The zero-order chi connectivity index (χ0) is 18.5. The summed E-state index contributed by atoms with van der Waals surface area (Å²) in [6, 6.07) is 15.8. The highest BCUT2D eigenvalue weighted by Crippen LogP contribution is 2.35. The second-order valence-corrected chi connectivity index (χ2v) is 5.99. The maximum Gasteiger partial charge on any atom is 0.142 e. The van der Waals surface area contributed by atoms with Crippen LogP contribution in [0.15, 0.2) is 59.7 Å². The Labute approximate surface area is 153 Å². The molecule has 0 aliphatic carbocycles. The Balaban J connectivity index is 1.96. The molecule has 1 heterocycles. The van der Waals surface area contributed by atoms with Crippen molar-refractivity contribution in [1.29, 1.82) is 0 Å². The third-order valence-electron chi connectivity index (χ3n) is 4.29. The number of hydrogen-bond donors (Lipinski definition) is 1. The number of amidine groups is 1. The van der Waals surface area contributed by atoms with Gasteiger partial charge in [-0.15, -0.1) is 0 Å². The minimum atomic E-state index is 0.357. The molecular formula is C20H22N4O2. The average Bonchev–Trinajstić information content (AvgIpc) is 2.68. The summed E-state index contributed by atoms with van der Waals surface area (Å²) in [6.45, 7) is 0.842. The lowest BCUT2D eigenvalue weighted by Crippen LogP contribution is -2.35. The predicted molar refractivity (Wildman–Crippen MR) is 106 cm³/mol. The number of carbonyl (C=O) groups excluding carboxylic acids is 1. The van der Waals surface area contributed by atoms with Crippen molar-refractivity contribution >= 4 is 29.2 Å². The van der Waals surface area contributed by atoms with Gasteiger partial charge < -0.3 is 25.1 Å². The van der Waals surface area contributed by atoms with Crippen molar-refractivity contribution in [3.05, 3.63) is 60.3 Å². The van der Waals surface area contributed by atoms with Crippen molar-refractivity contribution in [1.82, 2.24) is 0 Å². The van der Waals surface area contributed by atoms with E-state index in [2.05, 4.69) is 9.89 Å². The van der Waals surface area contributed by atoms with E-state index < -0.39 is 0 Å². The summed E-state index contributed by atoms with van der Waals surface area (Å²) >= 11 is 0. The molecule has 0 radical (unpaired) electrons. The van der Waals surface area contributed by atoms with Crippen LogP contribution in [0.1, 0.15) is 5.56 Å². The number of anilines is 2. The molecular weight excluding hydrogens is 328 g/mol. The molecule has 0 aromatic heterocycles. The molecule has 0 saturated carbocycles. The van der Waals surface area contributed by atoms with Gasteiger partial charge in [-0.1, -0.05) is 24.3 Å². The Kier molecular flexibility index (Phi) is 5.22. The molecule has 134 valence electrons. The maximum absolute atomic E-state index is 10.7. The van der Waals surface area contributed by atoms with E-state index in [1.807, 2.05) is 60.5 Å². The zero-order valence-corrected chi connectivity index (χ0v) is 14.9. The van der Waals surface area contributed by atoms with Gasteiger partial charge in [0.1, 0.15) is 17.9 Å². The molecule has 2 N–H and O–H groups in total. The molecule has 2 aromatic carbocycles. The molecule has 6 heteroatoms. The highest BCUT2D eigenvalue weighted by atomic mass is 16.5. The summed E-state index contributed by atoms with van der Waals surface area (Å²) < 4.78 is 5.51. The van der Waals surface area contributed by atoms with Crippen LogP contribution in [0.2, 0.25) is 0 Å². The first-order chi connectivity index (χ1) is 12.6. The number of nitrogens with two attached hydrogens (primary N) is 1. The van der Waals surface area contributed by atoms with Gasteiger partial charge in [-0.3, -0.25) is 0 Å². The lowest BCUT2D eigenvalue weighted by molar-refractivity contribution is -0.106. The number of methoxy groups -OCH3 is 1. The highest BCUT2D eigenvalue weighted by Gasteiger charge is 2.21. The summed E-state index contributed by atoms with van der Waals surface area (Å²) in [4.78, 5) is 19.0. The lowest BCUT2D eigenvalue weighted by Gasteiger charge is -2.30. The Bertz CT molecular complexity index is 843. The predicted octanol–water partition coefficient (Wildman–Crippen LogP) is 2.51. The number of aldehydes is 1. The number of carbonyl (C=O) groups is 1. The van der Waals surface area contributed by atoms with Gasteiger partial charge in [-0.25, -0.2) is 4.99 Å². The molecule has 0 amide bonds. The van der Waals surface area contributed by atoms with Gasteiger partial charge in [0.05, 0.1) is 37.8 Å². The quantitative estimate of drug-likeness (QED) is 0.811. The maximum atomic E-state index is 10.7. The van der Waals surface area contributed by atoms with E-state index in [-0.39, 0.29) is 0 Å². The minimum absolute atomic E-state index is 0.357. The van der Waals surface area contributed by atoms with E-state index in [4.69, 9.17) is 10.5 Å². The molecule has 0 atom stereocenters. The van der Waals surface area contributed by atoms with Crippen LogP contribution in [0.5, 0.6) is 5.75 Å². The molecule has 1 aliphatic rings. The van der Waals surface area contributed by atoms with Gasteiger partial charge in [0.25, 0.3) is 0 Å². The standard InChI is InChI=1S/C20H22N4O2/c1-23(11-12-25)16-9-7-15(8-10-16)18-13-22-20(21)14-24(18)17-5-3-4-6-19(17)26-2/h3-10,12-13H,11,14H2,1-2H3,(H2,21,22). The number of aliphatic imine (C=N–C) groups is 1. The number of hydrogen-bond acceptors (Lipinski definition) is 6. The van der Waals surface area contributed by atoms with Crippen LogP contribution in [-0.4, -0.2) is 39.4 Å². The van der Waals surface area contributed by atoms with E-state index in [9.17, 15) is 4.79 Å². The summed E-state index contributed by atoms with van der Waals surface area (Å²) in [5.74, 6) is 1.32. The van der Waals surface area contributed by atoms with Gasteiger partial charge in [0.2, 0.25) is 0 Å². The van der Waals surface area contributed by atoms with Crippen molar-refractivity contribution in [2.75, 3.05) is 37.0 Å². The van der Waals surface area contributed by atoms with Crippen molar-refractivity contribution < 1.29 is 9.53 Å². The second-order valence-electron chi connectivity index (χ2n) is 5.99. The number of nitrogens with zero attached hydrogens (tertiary/aromatic N) is 3. The third kappa shape index (κ3) is 3.54. The van der Waals surface area contributed by atoms with Gasteiger partial charge in [0, 0.05) is 12.7 Å². The second kappa shape index (κ2) is 7.74. The Morgan fingerprint density at radius 2 is 1.96 bits per heavy atom. The van der Waals surface area contributed by atoms with E-state index >= 15 is 0 Å². The van der Waals surface area contributed by atoms with Crippen LogP contribution < -0.4 is 20.3 Å². The molecule has 0 fully saturated rings. The van der Waals surface area contributed by atoms with Gasteiger partial charge in [-0.2, -0.15) is 0 Å². The van der Waals surface area contributed by atoms with Crippen LogP contribution >= 0.6 is 0 Å². The van der Waals surface area contributed by atoms with E-state index in [1.54, 1.807) is 13.3 Å². The zero-order valence-electron chi connectivity index (χ0n) is 14.9. The first-order valence-corrected chi connectivity index (χ1v) is 8.32. The summed E-state index contributed by atoms with van der Waals surface area (Å²) in [5.41, 5.74) is 9.83. The molecule has 0 saturated heterocycles. The van der Waals surface area contributed by atoms with E-state index in [1.165, 1.54) is 0 Å². The monoisotopic (exact) mass is 350 g/mol. The van der Waals surface area contributed by atoms with Crippen molar-refractivity contribution in [3.63, 3.8) is 0 Å². The number of para-hydroxylation sites is 2. The Morgan fingerprint density at radius 1 is 1.23 bits per heavy atom. The smallest absolute Gasteiger partial charge is 0.142 e. The first-order valence-electron chi connectivity index (χ1n) is 8.32. The van der Waals surface area contributed by atoms with Crippen LogP contribution in [0.3, 0.4) is 0 Å². The molecule has 0 bridgehead atoms. The fraction of sp³-hybridized carbons (Fsp3) is 0.200. The van der Waals surface area contributed by atoms with Crippen molar-refractivity contribution in [2.45, 2.75) is 0 Å². The molecule has 1 aliphatic heterocycles. The average molecular weight is 350 g/mol. The lowest BCUT2D eigenvalue weighted by atomic mass is 10.1.